The molecule has 2 aromatic carbocycles. The number of carbonyl (C=O) groups excluding carboxylic acids is 1. The number of piperidine rings is 1. The molecule has 0 aliphatic carbocycles. The highest BCUT2D eigenvalue weighted by molar-refractivity contribution is 7.92. The molecule has 0 aromatic heterocycles. The van der Waals surface area contributed by atoms with Gasteiger partial charge in [0.2, 0.25) is 15.9 Å². The lowest BCUT2D eigenvalue weighted by molar-refractivity contribution is -0.126. The van der Waals surface area contributed by atoms with Crippen LogP contribution in [0.5, 0.6) is 11.5 Å². The van der Waals surface area contributed by atoms with Gasteiger partial charge in [-0.25, -0.2) is 8.42 Å². The SMILES string of the molecule is O=C(NCC1COc2ccccc2O1)C1CCN(S(=O)(=O)/C=C/c2ccccc2)CC1. The average molecular weight is 443 g/mol. The van der Waals surface area contributed by atoms with E-state index in [4.69, 9.17) is 9.47 Å². The summed E-state index contributed by atoms with van der Waals surface area (Å²) in [6.45, 7) is 1.39. The number of hydrogen-bond donors (Lipinski definition) is 1. The Balaban J connectivity index is 1.24. The van der Waals surface area contributed by atoms with Crippen molar-refractivity contribution in [1.82, 2.24) is 9.62 Å². The highest BCUT2D eigenvalue weighted by atomic mass is 32.2. The number of fused-ring (bicyclic) bond motifs is 1. The number of sulfonamides is 1. The van der Waals surface area contributed by atoms with Crippen LogP contribution in [0.1, 0.15) is 18.4 Å². The number of para-hydroxylation sites is 2. The van der Waals surface area contributed by atoms with Crippen LogP contribution in [0.4, 0.5) is 0 Å². The number of hydrogen-bond acceptors (Lipinski definition) is 5. The quantitative estimate of drug-likeness (QED) is 0.744. The predicted molar refractivity (Wildman–Crippen MR) is 118 cm³/mol. The zero-order chi connectivity index (χ0) is 21.7. The van der Waals surface area contributed by atoms with E-state index in [9.17, 15) is 13.2 Å². The molecule has 2 aromatic rings. The van der Waals surface area contributed by atoms with Gasteiger partial charge in [-0.2, -0.15) is 4.31 Å². The molecule has 0 spiro atoms. The van der Waals surface area contributed by atoms with Gasteiger partial charge in [0.15, 0.2) is 11.5 Å². The van der Waals surface area contributed by atoms with E-state index in [1.54, 1.807) is 6.08 Å². The molecule has 31 heavy (non-hydrogen) atoms. The third kappa shape index (κ3) is 5.45. The third-order valence-corrected chi connectivity index (χ3v) is 7.05. The van der Waals surface area contributed by atoms with Crippen LogP contribution < -0.4 is 14.8 Å². The van der Waals surface area contributed by atoms with E-state index in [1.165, 1.54) is 9.71 Å². The number of nitrogens with zero attached hydrogens (tertiary/aromatic N) is 1. The Kier molecular flexibility index (Phi) is 6.58. The van der Waals surface area contributed by atoms with Crippen molar-refractivity contribution in [3.05, 3.63) is 65.6 Å². The molecule has 7 nitrogen and oxygen atoms in total. The number of rotatable bonds is 6. The fourth-order valence-corrected chi connectivity index (χ4v) is 4.93. The molecule has 2 aliphatic heterocycles. The molecule has 2 heterocycles. The van der Waals surface area contributed by atoms with E-state index < -0.39 is 10.0 Å². The van der Waals surface area contributed by atoms with E-state index in [0.29, 0.717) is 50.6 Å². The van der Waals surface area contributed by atoms with Crippen molar-refractivity contribution in [2.45, 2.75) is 18.9 Å². The van der Waals surface area contributed by atoms with E-state index in [2.05, 4.69) is 5.32 Å². The summed E-state index contributed by atoms with van der Waals surface area (Å²) in [5.74, 6) is 1.11. The topological polar surface area (TPSA) is 84.9 Å². The molecule has 1 fully saturated rings. The highest BCUT2D eigenvalue weighted by Crippen LogP contribution is 2.30. The van der Waals surface area contributed by atoms with Gasteiger partial charge in [0.25, 0.3) is 0 Å². The van der Waals surface area contributed by atoms with Crippen LogP contribution >= 0.6 is 0 Å². The molecule has 1 unspecified atom stereocenters. The van der Waals surface area contributed by atoms with Crippen molar-refractivity contribution in [3.63, 3.8) is 0 Å². The van der Waals surface area contributed by atoms with Crippen molar-refractivity contribution in [2.24, 2.45) is 5.92 Å². The maximum absolute atomic E-state index is 12.6. The van der Waals surface area contributed by atoms with Gasteiger partial charge in [-0.3, -0.25) is 4.79 Å². The van der Waals surface area contributed by atoms with Crippen LogP contribution in [0, 0.1) is 5.92 Å². The molecular formula is C23H26N2O5S. The molecule has 0 radical (unpaired) electrons. The lowest BCUT2D eigenvalue weighted by Gasteiger charge is -2.30. The van der Waals surface area contributed by atoms with Crippen molar-refractivity contribution < 1.29 is 22.7 Å². The Bertz CT molecular complexity index is 1030. The summed E-state index contributed by atoms with van der Waals surface area (Å²) in [7, 11) is -3.50. The van der Waals surface area contributed by atoms with Crippen LogP contribution in [-0.4, -0.2) is 51.0 Å². The molecule has 164 valence electrons. The van der Waals surface area contributed by atoms with Crippen molar-refractivity contribution in [2.75, 3.05) is 26.2 Å². The molecule has 8 heteroatoms. The minimum absolute atomic E-state index is 0.0701. The van der Waals surface area contributed by atoms with Gasteiger partial charge < -0.3 is 14.8 Å². The maximum Gasteiger partial charge on any atom is 0.236 e. The van der Waals surface area contributed by atoms with Crippen LogP contribution in [0.2, 0.25) is 0 Å². The Labute approximate surface area is 182 Å². The normalized spacial score (nSPS) is 19.9. The first-order chi connectivity index (χ1) is 15.0. The summed E-state index contributed by atoms with van der Waals surface area (Å²) in [5, 5.41) is 4.16. The number of carbonyl (C=O) groups is 1. The smallest absolute Gasteiger partial charge is 0.236 e. The zero-order valence-electron chi connectivity index (χ0n) is 17.1. The van der Waals surface area contributed by atoms with Gasteiger partial charge >= 0.3 is 0 Å². The Morgan fingerprint density at radius 2 is 1.71 bits per heavy atom. The van der Waals surface area contributed by atoms with Crippen LogP contribution in [-0.2, 0) is 14.8 Å². The van der Waals surface area contributed by atoms with E-state index in [1.807, 2.05) is 54.6 Å². The second-order valence-corrected chi connectivity index (χ2v) is 9.49. The molecule has 0 saturated carbocycles. The summed E-state index contributed by atoms with van der Waals surface area (Å²) < 4.78 is 38.1. The molecule has 1 atom stereocenters. The number of amides is 1. The van der Waals surface area contributed by atoms with Gasteiger partial charge in [-0.05, 0) is 36.6 Å². The Morgan fingerprint density at radius 1 is 1.03 bits per heavy atom. The summed E-state index contributed by atoms with van der Waals surface area (Å²) in [5.41, 5.74) is 0.830. The first kappa shape index (κ1) is 21.4. The molecular weight excluding hydrogens is 416 g/mol. The molecule has 1 amide bonds. The molecule has 2 aliphatic rings. The number of ether oxygens (including phenoxy) is 2. The lowest BCUT2D eigenvalue weighted by atomic mass is 9.97. The lowest BCUT2D eigenvalue weighted by Crippen LogP contribution is -2.46. The van der Waals surface area contributed by atoms with Gasteiger partial charge in [-0.15, -0.1) is 0 Å². The van der Waals surface area contributed by atoms with Crippen molar-refractivity contribution >= 4 is 22.0 Å². The third-order valence-electron chi connectivity index (χ3n) is 5.49. The second-order valence-electron chi connectivity index (χ2n) is 7.67. The average Bonchev–Trinajstić information content (AvgIpc) is 2.82. The Hall–Kier alpha value is -2.84. The number of nitrogens with one attached hydrogen (secondary N) is 1. The molecule has 1 saturated heterocycles. The van der Waals surface area contributed by atoms with Gasteiger partial charge in [0.1, 0.15) is 12.7 Å². The van der Waals surface area contributed by atoms with Crippen molar-refractivity contribution in [1.29, 1.82) is 0 Å². The van der Waals surface area contributed by atoms with E-state index >= 15 is 0 Å². The molecule has 0 bridgehead atoms. The minimum atomic E-state index is -3.50. The predicted octanol–water partition coefficient (Wildman–Crippen LogP) is 2.66. The highest BCUT2D eigenvalue weighted by Gasteiger charge is 2.30. The monoisotopic (exact) mass is 442 g/mol. The van der Waals surface area contributed by atoms with Crippen LogP contribution in [0.3, 0.4) is 0 Å². The van der Waals surface area contributed by atoms with Crippen LogP contribution in [0.25, 0.3) is 6.08 Å². The summed E-state index contributed by atoms with van der Waals surface area (Å²) in [6.07, 6.45) is 2.34. The van der Waals surface area contributed by atoms with Crippen molar-refractivity contribution in [3.8, 4) is 11.5 Å². The van der Waals surface area contributed by atoms with E-state index in [-0.39, 0.29) is 17.9 Å². The minimum Gasteiger partial charge on any atom is -0.486 e. The van der Waals surface area contributed by atoms with E-state index in [0.717, 1.165) is 5.56 Å². The van der Waals surface area contributed by atoms with Gasteiger partial charge in [0, 0.05) is 24.4 Å². The second kappa shape index (κ2) is 9.53. The first-order valence-electron chi connectivity index (χ1n) is 10.4. The maximum atomic E-state index is 12.6. The first-order valence-corrected chi connectivity index (χ1v) is 11.9. The van der Waals surface area contributed by atoms with Gasteiger partial charge in [-0.1, -0.05) is 42.5 Å². The van der Waals surface area contributed by atoms with Gasteiger partial charge in [0.05, 0.1) is 6.54 Å². The Morgan fingerprint density at radius 3 is 2.45 bits per heavy atom. The number of benzene rings is 2. The molecule has 4 rings (SSSR count). The zero-order valence-corrected chi connectivity index (χ0v) is 18.0. The largest absolute Gasteiger partial charge is 0.486 e. The molecule has 1 N–H and O–H groups in total. The standard InChI is InChI=1S/C23H26N2O5S/c26-23(24-16-20-17-29-21-8-4-5-9-22(21)30-20)19-10-13-25(14-11-19)31(27,28)15-12-18-6-2-1-3-7-18/h1-9,12,15,19-20H,10-11,13-14,16-17H2,(H,24,26)/b15-12+. The van der Waals surface area contributed by atoms with Crippen LogP contribution in [0.15, 0.2) is 60.0 Å². The fourth-order valence-electron chi connectivity index (χ4n) is 3.71. The summed E-state index contributed by atoms with van der Waals surface area (Å²) in [6, 6.07) is 16.7. The summed E-state index contributed by atoms with van der Waals surface area (Å²) >= 11 is 0. The fraction of sp³-hybridized carbons (Fsp3) is 0.348. The summed E-state index contributed by atoms with van der Waals surface area (Å²) in [4.78, 5) is 12.6.